The molecule has 1 aromatic rings. The molecule has 0 saturated carbocycles. The molecule has 0 unspecified atom stereocenters. The number of nitrogens with zero attached hydrogens (tertiary/aromatic N) is 1. The van der Waals surface area contributed by atoms with E-state index in [0.717, 1.165) is 30.7 Å². The van der Waals surface area contributed by atoms with Crippen molar-refractivity contribution in [3.05, 3.63) is 30.1 Å². The van der Waals surface area contributed by atoms with Gasteiger partial charge in [0.1, 0.15) is 0 Å². The first kappa shape index (κ1) is 16.1. The van der Waals surface area contributed by atoms with Crippen molar-refractivity contribution < 1.29 is 9.59 Å². The first-order valence-electron chi connectivity index (χ1n) is 8.07. The van der Waals surface area contributed by atoms with Crippen LogP contribution in [0.2, 0.25) is 0 Å². The van der Waals surface area contributed by atoms with E-state index in [1.54, 1.807) is 6.20 Å². The molecule has 6 nitrogen and oxygen atoms in total. The highest BCUT2D eigenvalue weighted by atomic mass is 32.2. The van der Waals surface area contributed by atoms with Gasteiger partial charge in [-0.05, 0) is 25.0 Å². The van der Waals surface area contributed by atoms with Crippen molar-refractivity contribution in [2.45, 2.75) is 49.6 Å². The van der Waals surface area contributed by atoms with Crippen LogP contribution in [0.15, 0.2) is 24.4 Å². The lowest BCUT2D eigenvalue weighted by molar-refractivity contribution is -0.121. The van der Waals surface area contributed by atoms with Gasteiger partial charge in [0.2, 0.25) is 5.91 Å². The Morgan fingerprint density at radius 2 is 2.26 bits per heavy atom. The summed E-state index contributed by atoms with van der Waals surface area (Å²) >= 11 is 1.92. The molecule has 0 radical (unpaired) electrons. The molecule has 2 fully saturated rings. The van der Waals surface area contributed by atoms with Gasteiger partial charge in [0.15, 0.2) is 0 Å². The number of carbonyl (C=O) groups is 2. The highest BCUT2D eigenvalue weighted by molar-refractivity contribution is 8.00. The quantitative estimate of drug-likeness (QED) is 0.520. The van der Waals surface area contributed by atoms with Crippen LogP contribution < -0.4 is 16.0 Å². The van der Waals surface area contributed by atoms with Gasteiger partial charge in [-0.3, -0.25) is 9.78 Å². The van der Waals surface area contributed by atoms with Gasteiger partial charge in [0.25, 0.3) is 0 Å². The molecule has 0 bridgehead atoms. The van der Waals surface area contributed by atoms with E-state index in [4.69, 9.17) is 0 Å². The molecule has 1 aromatic heterocycles. The Labute approximate surface area is 140 Å². The number of hydrogen-bond acceptors (Lipinski definition) is 4. The number of thioether (sulfide) groups is 1. The summed E-state index contributed by atoms with van der Waals surface area (Å²) in [5.74, 6) is 1.06. The van der Waals surface area contributed by atoms with Crippen LogP contribution in [0.5, 0.6) is 0 Å². The molecule has 3 amide bonds. The summed E-state index contributed by atoms with van der Waals surface area (Å²) in [6.45, 7) is 0.486. The van der Waals surface area contributed by atoms with Crippen molar-refractivity contribution in [3.8, 4) is 0 Å². The molecular weight excluding hydrogens is 312 g/mol. The number of amides is 3. The Hall–Kier alpha value is -1.76. The van der Waals surface area contributed by atoms with Crippen molar-refractivity contribution >= 4 is 23.7 Å². The second-order valence-electron chi connectivity index (χ2n) is 5.97. The molecule has 3 rings (SSSR count). The van der Waals surface area contributed by atoms with Crippen molar-refractivity contribution in [1.29, 1.82) is 0 Å². The molecule has 0 spiro atoms. The maximum atomic E-state index is 11.8. The maximum absolute atomic E-state index is 11.8. The van der Waals surface area contributed by atoms with Crippen LogP contribution in [0.25, 0.3) is 0 Å². The number of hydrogen-bond donors (Lipinski definition) is 3. The minimum absolute atomic E-state index is 0.0424. The molecule has 2 aliphatic rings. The number of nitrogens with one attached hydrogen (secondary N) is 3. The number of urea groups is 1. The standard InChI is InChI=1S/C16H22N4O2S/c21-14(18-9-11-5-3-4-8-17-11)7-2-1-6-13-15-12(10-23-13)19-16(22)20-15/h3-5,8,12-13,15H,1-2,6-7,9-10H2,(H,18,21)(H2,19,20,22)/t12-,13-,15+/m0/s1. The average Bonchev–Trinajstić information content (AvgIpc) is 3.10. The number of aromatic nitrogens is 1. The first-order chi connectivity index (χ1) is 11.2. The van der Waals surface area contributed by atoms with Crippen LogP contribution in [0.3, 0.4) is 0 Å². The van der Waals surface area contributed by atoms with Crippen LogP contribution in [-0.4, -0.2) is 40.0 Å². The second-order valence-corrected chi connectivity index (χ2v) is 7.24. The molecule has 3 atom stereocenters. The SMILES string of the molecule is O=C(CCCC[C@@H]1SC[C@@H]2NC(=O)N[C@H]21)NCc1ccccn1. The van der Waals surface area contributed by atoms with Gasteiger partial charge in [-0.1, -0.05) is 12.5 Å². The summed E-state index contributed by atoms with van der Waals surface area (Å²) in [4.78, 5) is 27.3. The van der Waals surface area contributed by atoms with Gasteiger partial charge < -0.3 is 16.0 Å². The Balaban J connectivity index is 1.29. The summed E-state index contributed by atoms with van der Waals surface area (Å²) in [7, 11) is 0. The summed E-state index contributed by atoms with van der Waals surface area (Å²) in [5, 5.41) is 9.31. The third-order valence-corrected chi connectivity index (χ3v) is 5.78. The van der Waals surface area contributed by atoms with Crippen molar-refractivity contribution in [2.24, 2.45) is 0 Å². The minimum atomic E-state index is -0.0424. The number of fused-ring (bicyclic) bond motifs is 1. The zero-order valence-electron chi connectivity index (χ0n) is 13.0. The summed E-state index contributed by atoms with van der Waals surface area (Å²) in [6.07, 6.45) is 5.20. The topological polar surface area (TPSA) is 83.1 Å². The number of carbonyl (C=O) groups excluding carboxylic acids is 2. The van der Waals surface area contributed by atoms with E-state index in [9.17, 15) is 9.59 Å². The van der Waals surface area contributed by atoms with E-state index in [1.165, 1.54) is 0 Å². The van der Waals surface area contributed by atoms with Gasteiger partial charge >= 0.3 is 6.03 Å². The molecule has 3 N–H and O–H groups in total. The van der Waals surface area contributed by atoms with Gasteiger partial charge in [0.05, 0.1) is 24.3 Å². The molecule has 0 aromatic carbocycles. The Morgan fingerprint density at radius 3 is 3.09 bits per heavy atom. The number of unbranched alkanes of at least 4 members (excludes halogenated alkanes) is 1. The van der Waals surface area contributed by atoms with E-state index < -0.39 is 0 Å². The summed E-state index contributed by atoms with van der Waals surface area (Å²) in [5.41, 5.74) is 0.874. The fraction of sp³-hybridized carbons (Fsp3) is 0.562. The third-order valence-electron chi connectivity index (χ3n) is 4.27. The Morgan fingerprint density at radius 1 is 1.35 bits per heavy atom. The molecule has 124 valence electrons. The lowest BCUT2D eigenvalue weighted by Gasteiger charge is -2.16. The summed E-state index contributed by atoms with van der Waals surface area (Å²) < 4.78 is 0. The average molecular weight is 334 g/mol. The largest absolute Gasteiger partial charge is 0.350 e. The highest BCUT2D eigenvalue weighted by Crippen LogP contribution is 2.33. The van der Waals surface area contributed by atoms with Crippen molar-refractivity contribution in [3.63, 3.8) is 0 Å². The van der Waals surface area contributed by atoms with Crippen LogP contribution in [-0.2, 0) is 11.3 Å². The molecule has 0 aliphatic carbocycles. The van der Waals surface area contributed by atoms with Gasteiger partial charge in [-0.2, -0.15) is 11.8 Å². The van der Waals surface area contributed by atoms with Gasteiger partial charge in [-0.15, -0.1) is 0 Å². The van der Waals surface area contributed by atoms with Crippen LogP contribution in [0, 0.1) is 0 Å². The maximum Gasteiger partial charge on any atom is 0.315 e. The second kappa shape index (κ2) is 7.68. The minimum Gasteiger partial charge on any atom is -0.350 e. The molecular formula is C16H22N4O2S. The normalized spacial score (nSPS) is 25.6. The fourth-order valence-corrected chi connectivity index (χ4v) is 4.60. The smallest absolute Gasteiger partial charge is 0.315 e. The zero-order valence-corrected chi connectivity index (χ0v) is 13.8. The fourth-order valence-electron chi connectivity index (χ4n) is 3.05. The van der Waals surface area contributed by atoms with Gasteiger partial charge in [0, 0.05) is 23.6 Å². The zero-order chi connectivity index (χ0) is 16.1. The highest BCUT2D eigenvalue weighted by Gasteiger charge is 2.42. The van der Waals surface area contributed by atoms with E-state index in [0.29, 0.717) is 18.2 Å². The first-order valence-corrected chi connectivity index (χ1v) is 9.12. The molecule has 3 heterocycles. The van der Waals surface area contributed by atoms with Gasteiger partial charge in [-0.25, -0.2) is 4.79 Å². The molecule has 7 heteroatoms. The summed E-state index contributed by atoms with van der Waals surface area (Å²) in [6, 6.07) is 6.17. The Bertz CT molecular complexity index is 554. The van der Waals surface area contributed by atoms with Crippen molar-refractivity contribution in [2.75, 3.05) is 5.75 Å². The van der Waals surface area contributed by atoms with Crippen LogP contribution >= 0.6 is 11.8 Å². The lowest BCUT2D eigenvalue weighted by Crippen LogP contribution is -2.36. The van der Waals surface area contributed by atoms with Crippen molar-refractivity contribution in [1.82, 2.24) is 20.9 Å². The predicted molar refractivity (Wildman–Crippen MR) is 90.0 cm³/mol. The predicted octanol–water partition coefficient (Wildman–Crippen LogP) is 1.42. The third kappa shape index (κ3) is 4.37. The van der Waals surface area contributed by atoms with E-state index in [2.05, 4.69) is 20.9 Å². The number of rotatable bonds is 7. The van der Waals surface area contributed by atoms with Crippen LogP contribution in [0.4, 0.5) is 4.79 Å². The Kier molecular flexibility index (Phi) is 5.38. The number of pyridine rings is 1. The monoisotopic (exact) mass is 334 g/mol. The molecule has 2 aliphatic heterocycles. The lowest BCUT2D eigenvalue weighted by atomic mass is 10.0. The van der Waals surface area contributed by atoms with E-state index in [-0.39, 0.29) is 24.0 Å². The molecule has 23 heavy (non-hydrogen) atoms. The van der Waals surface area contributed by atoms with E-state index >= 15 is 0 Å². The molecule has 2 saturated heterocycles. The van der Waals surface area contributed by atoms with Crippen LogP contribution in [0.1, 0.15) is 31.4 Å². The van der Waals surface area contributed by atoms with E-state index in [1.807, 2.05) is 30.0 Å².